The fourth-order valence-corrected chi connectivity index (χ4v) is 5.88. The Morgan fingerprint density at radius 1 is 1.12 bits per heavy atom. The van der Waals surface area contributed by atoms with Crippen LogP contribution >= 0.6 is 0 Å². The van der Waals surface area contributed by atoms with Crippen LogP contribution in [0.15, 0.2) is 71.4 Å². The summed E-state index contributed by atoms with van der Waals surface area (Å²) in [7, 11) is 0. The standard InChI is InChI=1S/C26H19FN2O4/c1-14(30)23-22(24(31)20-7-4-12-33-20)26(17-5-2-3-6-18(17)28-25(26)32)21-11-8-15-13-16(27)9-10-19(15)29(21)23/h2-13,21-23H,1H3,(H,28,32)/t21-,22+,23+,26+/m0/s1. The van der Waals surface area contributed by atoms with Crippen LogP contribution in [0.25, 0.3) is 6.08 Å². The van der Waals surface area contributed by atoms with Crippen molar-refractivity contribution in [1.29, 1.82) is 0 Å². The molecule has 6 nitrogen and oxygen atoms in total. The third kappa shape index (κ3) is 2.44. The third-order valence-electron chi connectivity index (χ3n) is 7.06. The van der Waals surface area contributed by atoms with Crippen molar-refractivity contribution >= 4 is 34.9 Å². The van der Waals surface area contributed by atoms with E-state index in [4.69, 9.17) is 4.42 Å². The van der Waals surface area contributed by atoms with Crippen molar-refractivity contribution in [2.24, 2.45) is 5.92 Å². The number of halogens is 1. The molecular formula is C26H19FN2O4. The molecule has 6 rings (SSSR count). The molecule has 1 spiro atoms. The Balaban J connectivity index is 1.67. The summed E-state index contributed by atoms with van der Waals surface area (Å²) in [6, 6.07) is 13.1. The molecule has 3 aliphatic heterocycles. The van der Waals surface area contributed by atoms with Crippen molar-refractivity contribution in [3.8, 4) is 0 Å². The van der Waals surface area contributed by atoms with Crippen molar-refractivity contribution in [3.63, 3.8) is 0 Å². The first-order valence-corrected chi connectivity index (χ1v) is 10.7. The summed E-state index contributed by atoms with van der Waals surface area (Å²) in [4.78, 5) is 42.7. The second kappa shape index (κ2) is 6.75. The quantitative estimate of drug-likeness (QED) is 0.621. The zero-order valence-electron chi connectivity index (χ0n) is 17.6. The third-order valence-corrected chi connectivity index (χ3v) is 7.06. The van der Waals surface area contributed by atoms with Crippen LogP contribution < -0.4 is 10.2 Å². The summed E-state index contributed by atoms with van der Waals surface area (Å²) >= 11 is 0. The van der Waals surface area contributed by atoms with Crippen LogP contribution in [0.1, 0.15) is 28.6 Å². The topological polar surface area (TPSA) is 79.6 Å². The number of amides is 1. The normalized spacial score (nSPS) is 26.7. The minimum atomic E-state index is -1.36. The maximum atomic E-state index is 14.0. The van der Waals surface area contributed by atoms with Gasteiger partial charge in [0.05, 0.1) is 24.3 Å². The Hall–Kier alpha value is -4.00. The highest BCUT2D eigenvalue weighted by molar-refractivity contribution is 6.16. The molecule has 0 radical (unpaired) electrons. The van der Waals surface area contributed by atoms with Gasteiger partial charge in [-0.05, 0) is 48.9 Å². The SMILES string of the molecule is CC(=O)[C@@H]1[C@H](C(=O)c2ccco2)[C@]2(C(=O)Nc3ccccc32)[C@@H]2C=Cc3cc(F)ccc3N12. The minimum absolute atomic E-state index is 0.0889. The predicted molar refractivity (Wildman–Crippen MR) is 119 cm³/mol. The number of benzene rings is 2. The number of anilines is 2. The summed E-state index contributed by atoms with van der Waals surface area (Å²) in [6.45, 7) is 1.42. The highest BCUT2D eigenvalue weighted by Gasteiger charge is 2.70. The molecule has 1 N–H and O–H groups in total. The summed E-state index contributed by atoms with van der Waals surface area (Å²) in [6.07, 6.45) is 4.95. The molecule has 0 unspecified atom stereocenters. The zero-order valence-corrected chi connectivity index (χ0v) is 17.6. The van der Waals surface area contributed by atoms with Crippen LogP contribution in [0.3, 0.4) is 0 Å². The van der Waals surface area contributed by atoms with Gasteiger partial charge < -0.3 is 14.6 Å². The van der Waals surface area contributed by atoms with E-state index in [2.05, 4.69) is 5.32 Å². The van der Waals surface area contributed by atoms with Crippen LogP contribution in [-0.4, -0.2) is 29.6 Å². The van der Waals surface area contributed by atoms with Crippen LogP contribution in [0.2, 0.25) is 0 Å². The second-order valence-corrected chi connectivity index (χ2v) is 8.66. The van der Waals surface area contributed by atoms with Crippen molar-refractivity contribution in [1.82, 2.24) is 0 Å². The zero-order chi connectivity index (χ0) is 22.9. The molecular weight excluding hydrogens is 423 g/mol. The molecule has 1 aromatic heterocycles. The van der Waals surface area contributed by atoms with E-state index in [1.807, 2.05) is 23.1 Å². The van der Waals surface area contributed by atoms with Crippen LogP contribution in [-0.2, 0) is 15.0 Å². The number of carbonyl (C=O) groups is 3. The van der Waals surface area contributed by atoms with Gasteiger partial charge in [0.25, 0.3) is 0 Å². The van der Waals surface area contributed by atoms with Crippen molar-refractivity contribution in [2.75, 3.05) is 10.2 Å². The highest BCUT2D eigenvalue weighted by atomic mass is 19.1. The summed E-state index contributed by atoms with van der Waals surface area (Å²) in [5.41, 5.74) is 1.11. The Bertz CT molecular complexity index is 1360. The fourth-order valence-electron chi connectivity index (χ4n) is 5.88. The summed E-state index contributed by atoms with van der Waals surface area (Å²) in [5.74, 6) is -2.38. The predicted octanol–water partition coefficient (Wildman–Crippen LogP) is 3.98. The Morgan fingerprint density at radius 2 is 1.94 bits per heavy atom. The van der Waals surface area contributed by atoms with E-state index in [1.165, 1.54) is 25.3 Å². The molecule has 4 heterocycles. The number of rotatable bonds is 3. The van der Waals surface area contributed by atoms with E-state index in [0.717, 1.165) is 0 Å². The number of hydrogen-bond acceptors (Lipinski definition) is 5. The first kappa shape index (κ1) is 19.7. The number of furan rings is 1. The molecule has 0 aliphatic carbocycles. The number of hydrogen-bond donors (Lipinski definition) is 1. The van der Waals surface area contributed by atoms with E-state index in [9.17, 15) is 18.8 Å². The number of nitrogens with zero attached hydrogens (tertiary/aromatic N) is 1. The average Bonchev–Trinajstić information content (AvgIpc) is 3.50. The molecule has 0 bridgehead atoms. The average molecular weight is 442 g/mol. The molecule has 3 aromatic rings. The molecule has 4 atom stereocenters. The van der Waals surface area contributed by atoms with Gasteiger partial charge in [-0.3, -0.25) is 14.4 Å². The van der Waals surface area contributed by atoms with E-state index >= 15 is 0 Å². The molecule has 7 heteroatoms. The maximum Gasteiger partial charge on any atom is 0.238 e. The van der Waals surface area contributed by atoms with Gasteiger partial charge in [0.2, 0.25) is 11.7 Å². The number of para-hydroxylation sites is 1. The maximum absolute atomic E-state index is 14.0. The number of Topliss-reactive ketones (excluding diaryl/α,β-unsaturated/α-hetero) is 2. The summed E-state index contributed by atoms with van der Waals surface area (Å²) in [5, 5.41) is 2.93. The number of nitrogens with one attached hydrogen (secondary N) is 1. The Kier molecular flexibility index (Phi) is 4.02. The lowest BCUT2D eigenvalue weighted by Crippen LogP contribution is -2.51. The molecule has 0 saturated carbocycles. The van der Waals surface area contributed by atoms with Gasteiger partial charge in [-0.15, -0.1) is 0 Å². The second-order valence-electron chi connectivity index (χ2n) is 8.66. The first-order valence-electron chi connectivity index (χ1n) is 10.7. The Labute approximate surface area is 188 Å². The number of ketones is 2. The van der Waals surface area contributed by atoms with Gasteiger partial charge in [-0.1, -0.05) is 30.4 Å². The largest absolute Gasteiger partial charge is 0.461 e. The van der Waals surface area contributed by atoms with Crippen LogP contribution in [0.5, 0.6) is 0 Å². The first-order chi connectivity index (χ1) is 15.9. The molecule has 1 fully saturated rings. The lowest BCUT2D eigenvalue weighted by Gasteiger charge is -2.37. The summed E-state index contributed by atoms with van der Waals surface area (Å²) < 4.78 is 19.4. The number of fused-ring (bicyclic) bond motifs is 6. The molecule has 1 saturated heterocycles. The van der Waals surface area contributed by atoms with Gasteiger partial charge in [-0.25, -0.2) is 4.39 Å². The molecule has 164 valence electrons. The molecule has 1 amide bonds. The number of carbonyl (C=O) groups excluding carboxylic acids is 3. The monoisotopic (exact) mass is 442 g/mol. The van der Waals surface area contributed by atoms with Crippen molar-refractivity contribution < 1.29 is 23.2 Å². The van der Waals surface area contributed by atoms with Crippen molar-refractivity contribution in [3.05, 3.63) is 89.6 Å². The lowest BCUT2D eigenvalue weighted by molar-refractivity contribution is -0.122. The van der Waals surface area contributed by atoms with E-state index in [-0.39, 0.29) is 17.5 Å². The molecule has 2 aromatic carbocycles. The van der Waals surface area contributed by atoms with E-state index < -0.39 is 35.0 Å². The molecule has 3 aliphatic rings. The van der Waals surface area contributed by atoms with Crippen LogP contribution in [0.4, 0.5) is 15.8 Å². The van der Waals surface area contributed by atoms with Gasteiger partial charge in [-0.2, -0.15) is 0 Å². The Morgan fingerprint density at radius 3 is 2.70 bits per heavy atom. The van der Waals surface area contributed by atoms with Gasteiger partial charge >= 0.3 is 0 Å². The van der Waals surface area contributed by atoms with Gasteiger partial charge in [0.15, 0.2) is 11.5 Å². The van der Waals surface area contributed by atoms with Crippen molar-refractivity contribution in [2.45, 2.75) is 24.4 Å². The highest BCUT2D eigenvalue weighted by Crippen LogP contribution is 2.57. The van der Waals surface area contributed by atoms with Crippen LogP contribution in [0, 0.1) is 11.7 Å². The van der Waals surface area contributed by atoms with E-state index in [1.54, 1.807) is 36.4 Å². The van der Waals surface area contributed by atoms with E-state index in [0.29, 0.717) is 22.5 Å². The van der Waals surface area contributed by atoms with Gasteiger partial charge in [0, 0.05) is 16.9 Å². The fraction of sp³-hybridized carbons (Fsp3) is 0.192. The lowest BCUT2D eigenvalue weighted by atomic mass is 9.65. The molecule has 33 heavy (non-hydrogen) atoms. The smallest absolute Gasteiger partial charge is 0.238 e. The minimum Gasteiger partial charge on any atom is -0.461 e. The van der Waals surface area contributed by atoms with Gasteiger partial charge in [0.1, 0.15) is 11.2 Å².